The second-order valence-corrected chi connectivity index (χ2v) is 5.02. The molecule has 2 N–H and O–H groups in total. The number of hydrogen-bond acceptors (Lipinski definition) is 3. The maximum Gasteiger partial charge on any atom is 0.260 e. The number of aryl methyl sites for hydroxylation is 1. The number of ether oxygens (including phenoxy) is 1. The number of likely N-dealkylation sites (tertiary alicyclic amines) is 1. The van der Waals surface area contributed by atoms with E-state index in [0.717, 1.165) is 31.7 Å². The molecule has 1 amide bonds. The number of carbonyl (C=O) groups excluding carboxylic acids is 1. The number of rotatable bonds is 5. The molecule has 1 unspecified atom stereocenters. The SMILES string of the molecule is CCc1ccc(OCC(=O)N2CCC(CN)C2)cc1. The van der Waals surface area contributed by atoms with E-state index in [9.17, 15) is 4.79 Å². The van der Waals surface area contributed by atoms with E-state index < -0.39 is 0 Å². The molecule has 0 bridgehead atoms. The molecule has 1 atom stereocenters. The highest BCUT2D eigenvalue weighted by molar-refractivity contribution is 5.78. The Balaban J connectivity index is 1.80. The molecule has 1 aliphatic rings. The third-order valence-corrected chi connectivity index (χ3v) is 3.67. The molecule has 1 aliphatic heterocycles. The summed E-state index contributed by atoms with van der Waals surface area (Å²) in [6, 6.07) is 7.89. The van der Waals surface area contributed by atoms with Crippen LogP contribution in [-0.2, 0) is 11.2 Å². The predicted molar refractivity (Wildman–Crippen MR) is 75.1 cm³/mol. The molecular weight excluding hydrogens is 240 g/mol. The first-order valence-electron chi connectivity index (χ1n) is 6.92. The van der Waals surface area contributed by atoms with Crippen LogP contribution in [0.5, 0.6) is 5.75 Å². The molecule has 0 saturated carbocycles. The van der Waals surface area contributed by atoms with Gasteiger partial charge < -0.3 is 15.4 Å². The first kappa shape index (κ1) is 13.9. The fourth-order valence-corrected chi connectivity index (χ4v) is 2.31. The Morgan fingerprint density at radius 3 is 2.74 bits per heavy atom. The van der Waals surface area contributed by atoms with E-state index in [4.69, 9.17) is 10.5 Å². The van der Waals surface area contributed by atoms with Gasteiger partial charge in [0.25, 0.3) is 5.91 Å². The summed E-state index contributed by atoms with van der Waals surface area (Å²) in [5, 5.41) is 0. The maximum absolute atomic E-state index is 12.0. The van der Waals surface area contributed by atoms with Crippen LogP contribution in [0.2, 0.25) is 0 Å². The fourth-order valence-electron chi connectivity index (χ4n) is 2.31. The summed E-state index contributed by atoms with van der Waals surface area (Å²) in [5.74, 6) is 1.25. The lowest BCUT2D eigenvalue weighted by Crippen LogP contribution is -2.33. The highest BCUT2D eigenvalue weighted by Gasteiger charge is 2.25. The average Bonchev–Trinajstić information content (AvgIpc) is 2.94. The number of nitrogens with zero attached hydrogens (tertiary/aromatic N) is 1. The van der Waals surface area contributed by atoms with Crippen LogP contribution in [0, 0.1) is 5.92 Å². The van der Waals surface area contributed by atoms with Crippen molar-refractivity contribution in [2.24, 2.45) is 11.7 Å². The monoisotopic (exact) mass is 262 g/mol. The van der Waals surface area contributed by atoms with Crippen molar-refractivity contribution in [2.75, 3.05) is 26.2 Å². The van der Waals surface area contributed by atoms with Gasteiger partial charge >= 0.3 is 0 Å². The summed E-state index contributed by atoms with van der Waals surface area (Å²) >= 11 is 0. The second kappa shape index (κ2) is 6.57. The third-order valence-electron chi connectivity index (χ3n) is 3.67. The van der Waals surface area contributed by atoms with Crippen molar-refractivity contribution in [1.29, 1.82) is 0 Å². The number of amides is 1. The first-order valence-corrected chi connectivity index (χ1v) is 6.92. The summed E-state index contributed by atoms with van der Waals surface area (Å²) in [4.78, 5) is 13.8. The van der Waals surface area contributed by atoms with Gasteiger partial charge in [0.05, 0.1) is 0 Å². The van der Waals surface area contributed by atoms with Crippen LogP contribution in [0.15, 0.2) is 24.3 Å². The van der Waals surface area contributed by atoms with Crippen LogP contribution in [0.3, 0.4) is 0 Å². The Labute approximate surface area is 114 Å². The van der Waals surface area contributed by atoms with Gasteiger partial charge in [-0.3, -0.25) is 4.79 Å². The van der Waals surface area contributed by atoms with Crippen molar-refractivity contribution in [3.8, 4) is 5.75 Å². The predicted octanol–water partition coefficient (Wildman–Crippen LogP) is 1.43. The number of carbonyl (C=O) groups is 1. The Morgan fingerprint density at radius 1 is 1.42 bits per heavy atom. The van der Waals surface area contributed by atoms with Gasteiger partial charge in [-0.05, 0) is 43.0 Å². The van der Waals surface area contributed by atoms with Crippen LogP contribution >= 0.6 is 0 Å². The van der Waals surface area contributed by atoms with E-state index in [0.29, 0.717) is 12.5 Å². The standard InChI is InChI=1S/C15H22N2O2/c1-2-12-3-5-14(6-4-12)19-11-15(18)17-8-7-13(9-16)10-17/h3-6,13H,2,7-11,16H2,1H3. The van der Waals surface area contributed by atoms with E-state index in [1.54, 1.807) is 0 Å². The lowest BCUT2D eigenvalue weighted by Gasteiger charge is -2.16. The number of benzene rings is 1. The maximum atomic E-state index is 12.0. The molecular formula is C15H22N2O2. The van der Waals surface area contributed by atoms with E-state index in [1.165, 1.54) is 5.56 Å². The molecule has 0 aliphatic carbocycles. The van der Waals surface area contributed by atoms with Crippen molar-refractivity contribution in [3.63, 3.8) is 0 Å². The van der Waals surface area contributed by atoms with Crippen molar-refractivity contribution >= 4 is 5.91 Å². The van der Waals surface area contributed by atoms with Gasteiger partial charge in [-0.25, -0.2) is 0 Å². The number of hydrogen-bond donors (Lipinski definition) is 1. The summed E-state index contributed by atoms with van der Waals surface area (Å²) < 4.78 is 5.53. The highest BCUT2D eigenvalue weighted by Crippen LogP contribution is 2.16. The largest absolute Gasteiger partial charge is 0.484 e. The van der Waals surface area contributed by atoms with Gasteiger partial charge in [0.1, 0.15) is 5.75 Å². The van der Waals surface area contributed by atoms with Crippen LogP contribution in [0.25, 0.3) is 0 Å². The molecule has 1 aromatic rings. The molecule has 4 heteroatoms. The van der Waals surface area contributed by atoms with Crippen molar-refractivity contribution in [2.45, 2.75) is 19.8 Å². The van der Waals surface area contributed by atoms with Crippen molar-refractivity contribution in [3.05, 3.63) is 29.8 Å². The zero-order chi connectivity index (χ0) is 13.7. The van der Waals surface area contributed by atoms with Crippen LogP contribution < -0.4 is 10.5 Å². The average molecular weight is 262 g/mol. The molecule has 1 fully saturated rings. The second-order valence-electron chi connectivity index (χ2n) is 5.02. The molecule has 1 aromatic carbocycles. The minimum atomic E-state index is 0.0514. The van der Waals surface area contributed by atoms with Gasteiger partial charge in [-0.2, -0.15) is 0 Å². The fraction of sp³-hybridized carbons (Fsp3) is 0.533. The molecule has 104 valence electrons. The van der Waals surface area contributed by atoms with Gasteiger partial charge in [-0.1, -0.05) is 19.1 Å². The molecule has 19 heavy (non-hydrogen) atoms. The lowest BCUT2D eigenvalue weighted by molar-refractivity contribution is -0.132. The normalized spacial score (nSPS) is 18.6. The number of nitrogens with two attached hydrogens (primary N) is 1. The van der Waals surface area contributed by atoms with Gasteiger partial charge in [0.2, 0.25) is 0 Å². The summed E-state index contributed by atoms with van der Waals surface area (Å²) in [6.45, 7) is 4.46. The zero-order valence-corrected chi connectivity index (χ0v) is 11.5. The van der Waals surface area contributed by atoms with Crippen LogP contribution in [-0.4, -0.2) is 37.0 Å². The Bertz CT molecular complexity index is 417. The Hall–Kier alpha value is -1.55. The third kappa shape index (κ3) is 3.70. The quantitative estimate of drug-likeness (QED) is 0.873. The molecule has 2 rings (SSSR count). The summed E-state index contributed by atoms with van der Waals surface area (Å²) in [5.41, 5.74) is 6.89. The van der Waals surface area contributed by atoms with E-state index in [2.05, 4.69) is 6.92 Å². The Kier molecular flexibility index (Phi) is 4.80. The van der Waals surface area contributed by atoms with Crippen molar-refractivity contribution < 1.29 is 9.53 Å². The lowest BCUT2D eigenvalue weighted by atomic mass is 10.1. The molecule has 0 spiro atoms. The summed E-state index contributed by atoms with van der Waals surface area (Å²) in [6.07, 6.45) is 2.01. The van der Waals surface area contributed by atoms with E-state index >= 15 is 0 Å². The van der Waals surface area contributed by atoms with E-state index in [-0.39, 0.29) is 12.5 Å². The molecule has 0 radical (unpaired) electrons. The minimum absolute atomic E-state index is 0.0514. The summed E-state index contributed by atoms with van der Waals surface area (Å²) in [7, 11) is 0. The van der Waals surface area contributed by atoms with Gasteiger partial charge in [-0.15, -0.1) is 0 Å². The minimum Gasteiger partial charge on any atom is -0.484 e. The molecule has 0 aromatic heterocycles. The van der Waals surface area contributed by atoms with Crippen LogP contribution in [0.4, 0.5) is 0 Å². The zero-order valence-electron chi connectivity index (χ0n) is 11.5. The first-order chi connectivity index (χ1) is 9.22. The van der Waals surface area contributed by atoms with Crippen LogP contribution in [0.1, 0.15) is 18.9 Å². The molecule has 1 heterocycles. The smallest absolute Gasteiger partial charge is 0.260 e. The van der Waals surface area contributed by atoms with Crippen molar-refractivity contribution in [1.82, 2.24) is 4.90 Å². The topological polar surface area (TPSA) is 55.6 Å². The van der Waals surface area contributed by atoms with Gasteiger partial charge in [0.15, 0.2) is 6.61 Å². The molecule has 4 nitrogen and oxygen atoms in total. The van der Waals surface area contributed by atoms with E-state index in [1.807, 2.05) is 29.2 Å². The Morgan fingerprint density at radius 2 is 2.16 bits per heavy atom. The molecule has 1 saturated heterocycles. The van der Waals surface area contributed by atoms with Gasteiger partial charge in [0, 0.05) is 13.1 Å². The highest BCUT2D eigenvalue weighted by atomic mass is 16.5.